The van der Waals surface area contributed by atoms with Crippen molar-refractivity contribution in [2.24, 2.45) is 5.73 Å². The molecule has 0 aliphatic heterocycles. The summed E-state index contributed by atoms with van der Waals surface area (Å²) in [7, 11) is -2.85. The summed E-state index contributed by atoms with van der Waals surface area (Å²) < 4.78 is 22.6. The zero-order valence-corrected chi connectivity index (χ0v) is 10.4. The summed E-state index contributed by atoms with van der Waals surface area (Å²) in [6, 6.07) is 9.71. The van der Waals surface area contributed by atoms with Crippen LogP contribution in [0.15, 0.2) is 30.3 Å². The van der Waals surface area contributed by atoms with Gasteiger partial charge in [0, 0.05) is 11.8 Å². The Morgan fingerprint density at radius 1 is 1.25 bits per heavy atom. The Balaban J connectivity index is 2.40. The molecule has 4 heteroatoms. The van der Waals surface area contributed by atoms with Gasteiger partial charge in [-0.3, -0.25) is 0 Å². The minimum Gasteiger partial charge on any atom is -0.324 e. The molecule has 90 valence electrons. The molecule has 2 N–H and O–H groups in total. The largest absolute Gasteiger partial charge is 0.324 e. The second-order valence-corrected chi connectivity index (χ2v) is 6.37. The van der Waals surface area contributed by atoms with Crippen molar-refractivity contribution in [2.75, 3.05) is 11.5 Å². The van der Waals surface area contributed by atoms with E-state index < -0.39 is 9.84 Å². The maximum Gasteiger partial charge on any atom is 0.150 e. The van der Waals surface area contributed by atoms with E-state index >= 15 is 0 Å². The fourth-order valence-corrected chi connectivity index (χ4v) is 2.43. The highest BCUT2D eigenvalue weighted by Gasteiger charge is 2.10. The van der Waals surface area contributed by atoms with Gasteiger partial charge >= 0.3 is 0 Å². The van der Waals surface area contributed by atoms with Crippen LogP contribution in [0, 0.1) is 0 Å². The van der Waals surface area contributed by atoms with Gasteiger partial charge in [-0.1, -0.05) is 37.3 Å². The van der Waals surface area contributed by atoms with E-state index in [-0.39, 0.29) is 17.5 Å². The molecule has 16 heavy (non-hydrogen) atoms. The van der Waals surface area contributed by atoms with E-state index in [0.29, 0.717) is 12.8 Å². The second-order valence-electron chi connectivity index (χ2n) is 3.90. The van der Waals surface area contributed by atoms with E-state index in [9.17, 15) is 8.42 Å². The molecule has 0 fully saturated rings. The molecule has 1 unspecified atom stereocenters. The van der Waals surface area contributed by atoms with Gasteiger partial charge in [0.1, 0.15) is 9.84 Å². The normalized spacial score (nSPS) is 13.6. The van der Waals surface area contributed by atoms with Crippen molar-refractivity contribution >= 4 is 9.84 Å². The molecular formula is C12H19NO2S. The van der Waals surface area contributed by atoms with Crippen LogP contribution in [0.5, 0.6) is 0 Å². The smallest absolute Gasteiger partial charge is 0.150 e. The minimum absolute atomic E-state index is 0.0618. The minimum atomic E-state index is -2.85. The van der Waals surface area contributed by atoms with Crippen molar-refractivity contribution in [1.82, 2.24) is 0 Å². The van der Waals surface area contributed by atoms with Crippen LogP contribution in [0.1, 0.15) is 31.4 Å². The molecule has 1 atom stereocenters. The molecular weight excluding hydrogens is 222 g/mol. The maximum atomic E-state index is 11.3. The molecule has 0 aliphatic rings. The maximum absolute atomic E-state index is 11.3. The molecule has 0 heterocycles. The number of rotatable bonds is 6. The van der Waals surface area contributed by atoms with Crippen LogP contribution in [-0.2, 0) is 9.84 Å². The Labute approximate surface area is 97.6 Å². The third-order valence-electron chi connectivity index (χ3n) is 2.64. The van der Waals surface area contributed by atoms with Crippen molar-refractivity contribution in [3.05, 3.63) is 35.9 Å². The third kappa shape index (κ3) is 4.33. The molecule has 1 aromatic rings. The first-order valence-electron chi connectivity index (χ1n) is 5.56. The Morgan fingerprint density at radius 3 is 2.44 bits per heavy atom. The molecule has 0 aromatic heterocycles. The number of benzene rings is 1. The highest BCUT2D eigenvalue weighted by atomic mass is 32.2. The number of sulfone groups is 1. The molecule has 3 nitrogen and oxygen atoms in total. The highest BCUT2D eigenvalue weighted by Crippen LogP contribution is 2.15. The summed E-state index contributed by atoms with van der Waals surface area (Å²) >= 11 is 0. The van der Waals surface area contributed by atoms with Gasteiger partial charge in [0.2, 0.25) is 0 Å². The van der Waals surface area contributed by atoms with Gasteiger partial charge in [0.15, 0.2) is 0 Å². The van der Waals surface area contributed by atoms with E-state index in [4.69, 9.17) is 5.73 Å². The lowest BCUT2D eigenvalue weighted by atomic mass is 10.0. The summed E-state index contributed by atoms with van der Waals surface area (Å²) in [6.07, 6.45) is 1.34. The van der Waals surface area contributed by atoms with Gasteiger partial charge in [-0.25, -0.2) is 8.42 Å². The summed E-state index contributed by atoms with van der Waals surface area (Å²) in [5, 5.41) is 0. The monoisotopic (exact) mass is 241 g/mol. The third-order valence-corrected chi connectivity index (χ3v) is 4.43. The molecule has 0 saturated carbocycles. The Hall–Kier alpha value is -0.870. The lowest BCUT2D eigenvalue weighted by Crippen LogP contribution is -2.14. The fourth-order valence-electron chi connectivity index (χ4n) is 1.53. The van der Waals surface area contributed by atoms with Crippen molar-refractivity contribution < 1.29 is 8.42 Å². The van der Waals surface area contributed by atoms with Crippen molar-refractivity contribution in [1.29, 1.82) is 0 Å². The first-order chi connectivity index (χ1) is 7.55. The van der Waals surface area contributed by atoms with Crippen LogP contribution in [-0.4, -0.2) is 19.9 Å². The standard InChI is InChI=1S/C12H19NO2S/c1-2-16(14,15)10-6-9-12(13)11-7-4-3-5-8-11/h3-5,7-8,12H,2,6,9-10,13H2,1H3. The van der Waals surface area contributed by atoms with Crippen molar-refractivity contribution in [3.63, 3.8) is 0 Å². The van der Waals surface area contributed by atoms with Gasteiger partial charge in [0.25, 0.3) is 0 Å². The van der Waals surface area contributed by atoms with Gasteiger partial charge in [-0.15, -0.1) is 0 Å². The summed E-state index contributed by atoms with van der Waals surface area (Å²) in [6.45, 7) is 1.67. The molecule has 1 aromatic carbocycles. The fraction of sp³-hybridized carbons (Fsp3) is 0.500. The van der Waals surface area contributed by atoms with Crippen LogP contribution in [0.4, 0.5) is 0 Å². The Morgan fingerprint density at radius 2 is 1.88 bits per heavy atom. The van der Waals surface area contributed by atoms with Crippen LogP contribution < -0.4 is 5.73 Å². The number of hydrogen-bond donors (Lipinski definition) is 1. The lowest BCUT2D eigenvalue weighted by molar-refractivity contribution is 0.584. The SMILES string of the molecule is CCS(=O)(=O)CCCC(N)c1ccccc1. The van der Waals surface area contributed by atoms with Crippen LogP contribution >= 0.6 is 0 Å². The van der Waals surface area contributed by atoms with Gasteiger partial charge in [-0.05, 0) is 18.4 Å². The quantitative estimate of drug-likeness (QED) is 0.827. The Kier molecular flexibility index (Phi) is 4.96. The first kappa shape index (κ1) is 13.2. The van der Waals surface area contributed by atoms with Gasteiger partial charge in [-0.2, -0.15) is 0 Å². The van der Waals surface area contributed by atoms with Gasteiger partial charge in [0.05, 0.1) is 5.75 Å². The first-order valence-corrected chi connectivity index (χ1v) is 7.38. The van der Waals surface area contributed by atoms with E-state index in [1.807, 2.05) is 30.3 Å². The van der Waals surface area contributed by atoms with Crippen LogP contribution in [0.3, 0.4) is 0 Å². The molecule has 1 rings (SSSR count). The van der Waals surface area contributed by atoms with E-state index in [0.717, 1.165) is 5.56 Å². The van der Waals surface area contributed by atoms with E-state index in [2.05, 4.69) is 0 Å². The zero-order valence-electron chi connectivity index (χ0n) is 9.59. The summed E-state index contributed by atoms with van der Waals surface area (Å²) in [5.74, 6) is 0.456. The highest BCUT2D eigenvalue weighted by molar-refractivity contribution is 7.91. The average Bonchev–Trinajstić information content (AvgIpc) is 2.30. The molecule has 0 radical (unpaired) electrons. The predicted molar refractivity (Wildman–Crippen MR) is 66.9 cm³/mol. The van der Waals surface area contributed by atoms with Crippen molar-refractivity contribution in [2.45, 2.75) is 25.8 Å². The molecule has 0 spiro atoms. The number of hydrogen-bond acceptors (Lipinski definition) is 3. The molecule has 0 aliphatic carbocycles. The molecule has 0 saturated heterocycles. The zero-order chi connectivity index (χ0) is 12.0. The van der Waals surface area contributed by atoms with Gasteiger partial charge < -0.3 is 5.73 Å². The molecule has 0 bridgehead atoms. The molecule has 0 amide bonds. The summed E-state index contributed by atoms with van der Waals surface area (Å²) in [5.41, 5.74) is 7.04. The summed E-state index contributed by atoms with van der Waals surface area (Å²) in [4.78, 5) is 0. The average molecular weight is 241 g/mol. The topological polar surface area (TPSA) is 60.2 Å². The number of nitrogens with two attached hydrogens (primary N) is 1. The second kappa shape index (κ2) is 6.01. The van der Waals surface area contributed by atoms with Crippen LogP contribution in [0.2, 0.25) is 0 Å². The van der Waals surface area contributed by atoms with E-state index in [1.165, 1.54) is 0 Å². The van der Waals surface area contributed by atoms with Crippen LogP contribution in [0.25, 0.3) is 0 Å². The van der Waals surface area contributed by atoms with E-state index in [1.54, 1.807) is 6.92 Å². The Bertz CT molecular complexity index is 400. The lowest BCUT2D eigenvalue weighted by Gasteiger charge is -2.11. The van der Waals surface area contributed by atoms with Crippen molar-refractivity contribution in [3.8, 4) is 0 Å². The predicted octanol–water partition coefficient (Wildman–Crippen LogP) is 1.90.